The molecule has 0 bridgehead atoms. The van der Waals surface area contributed by atoms with E-state index in [0.717, 1.165) is 15.6 Å². The Kier molecular flexibility index (Phi) is 5.72. The van der Waals surface area contributed by atoms with Crippen LogP contribution in [0.4, 0.5) is 5.69 Å². The lowest BCUT2D eigenvalue weighted by Gasteiger charge is -2.23. The first-order valence-electron chi connectivity index (χ1n) is 7.55. The fourth-order valence-electron chi connectivity index (χ4n) is 1.97. The van der Waals surface area contributed by atoms with Crippen molar-refractivity contribution in [2.45, 2.75) is 27.3 Å². The number of hydrogen-bond acceptors (Lipinski definition) is 3. The van der Waals surface area contributed by atoms with Gasteiger partial charge in [-0.25, -0.2) is 0 Å². The summed E-state index contributed by atoms with van der Waals surface area (Å²) in [7, 11) is 0. The molecule has 0 fully saturated rings. The lowest BCUT2D eigenvalue weighted by molar-refractivity contribution is -0.138. The van der Waals surface area contributed by atoms with Crippen LogP contribution in [0, 0.1) is 12.3 Å². The van der Waals surface area contributed by atoms with Gasteiger partial charge in [0.15, 0.2) is 0 Å². The summed E-state index contributed by atoms with van der Waals surface area (Å²) < 4.78 is 0.902. The smallest absolute Gasteiger partial charge is 0.239 e. The fourth-order valence-corrected chi connectivity index (χ4v) is 2.35. The van der Waals surface area contributed by atoms with E-state index in [1.165, 1.54) is 0 Å². The van der Waals surface area contributed by atoms with E-state index in [4.69, 9.17) is 0 Å². The summed E-state index contributed by atoms with van der Waals surface area (Å²) in [4.78, 5) is 28.9. The van der Waals surface area contributed by atoms with Crippen LogP contribution in [-0.2, 0) is 16.1 Å². The third kappa shape index (κ3) is 4.41. The van der Waals surface area contributed by atoms with Crippen LogP contribution in [0.1, 0.15) is 25.0 Å². The molecule has 126 valence electrons. The number of pyridine rings is 1. The third-order valence-electron chi connectivity index (χ3n) is 3.74. The topological polar surface area (TPSA) is 71.1 Å². The van der Waals surface area contributed by atoms with Crippen LogP contribution in [0.15, 0.2) is 47.2 Å². The largest absolute Gasteiger partial charge is 0.351 e. The Labute approximate surface area is 150 Å². The van der Waals surface area contributed by atoms with Crippen LogP contribution >= 0.6 is 15.9 Å². The summed E-state index contributed by atoms with van der Waals surface area (Å²) in [6, 6.07) is 9.19. The van der Waals surface area contributed by atoms with Crippen molar-refractivity contribution in [2.24, 2.45) is 5.41 Å². The summed E-state index contributed by atoms with van der Waals surface area (Å²) >= 11 is 3.43. The zero-order valence-corrected chi connectivity index (χ0v) is 15.5. The standard InChI is InChI=1S/C18H20BrN3O2/c1-12-6-7-14(9-15(12)19)22-17(24)18(2,3)16(23)21-11-13-5-4-8-20-10-13/h4-10H,11H2,1-3H3,(H,21,23)(H,22,24). The van der Waals surface area contributed by atoms with Crippen molar-refractivity contribution < 1.29 is 9.59 Å². The molecule has 0 atom stereocenters. The number of hydrogen-bond donors (Lipinski definition) is 2. The molecule has 1 aromatic heterocycles. The summed E-state index contributed by atoms with van der Waals surface area (Å²) in [6.07, 6.45) is 3.35. The molecule has 0 unspecified atom stereocenters. The van der Waals surface area contributed by atoms with Gasteiger partial charge in [-0.1, -0.05) is 28.1 Å². The second-order valence-corrected chi connectivity index (χ2v) is 6.94. The molecule has 24 heavy (non-hydrogen) atoms. The van der Waals surface area contributed by atoms with Crippen molar-refractivity contribution in [1.29, 1.82) is 0 Å². The number of benzene rings is 1. The van der Waals surface area contributed by atoms with Crippen LogP contribution < -0.4 is 10.6 Å². The Morgan fingerprint density at radius 3 is 2.58 bits per heavy atom. The molecule has 1 aromatic carbocycles. The number of carbonyl (C=O) groups is 2. The normalized spacial score (nSPS) is 11.0. The average Bonchev–Trinajstić information content (AvgIpc) is 2.56. The first-order chi connectivity index (χ1) is 11.3. The third-order valence-corrected chi connectivity index (χ3v) is 4.60. The van der Waals surface area contributed by atoms with Crippen molar-refractivity contribution >= 4 is 33.4 Å². The minimum absolute atomic E-state index is 0.333. The number of rotatable bonds is 5. The van der Waals surface area contributed by atoms with Crippen molar-refractivity contribution in [1.82, 2.24) is 10.3 Å². The van der Waals surface area contributed by atoms with E-state index in [2.05, 4.69) is 31.5 Å². The first kappa shape index (κ1) is 18.1. The number of aromatic nitrogens is 1. The highest BCUT2D eigenvalue weighted by atomic mass is 79.9. The average molecular weight is 390 g/mol. The van der Waals surface area contributed by atoms with Gasteiger partial charge in [0.25, 0.3) is 0 Å². The first-order valence-corrected chi connectivity index (χ1v) is 8.35. The number of nitrogens with zero attached hydrogens (tertiary/aromatic N) is 1. The molecule has 2 N–H and O–H groups in total. The van der Waals surface area contributed by atoms with Gasteiger partial charge in [0.1, 0.15) is 5.41 Å². The molecule has 6 heteroatoms. The molecule has 2 rings (SSSR count). The second-order valence-electron chi connectivity index (χ2n) is 6.09. The van der Waals surface area contributed by atoms with Crippen LogP contribution in [0.2, 0.25) is 0 Å². The van der Waals surface area contributed by atoms with Crippen molar-refractivity contribution in [2.75, 3.05) is 5.32 Å². The van der Waals surface area contributed by atoms with E-state index in [-0.39, 0.29) is 11.8 Å². The Morgan fingerprint density at radius 1 is 1.21 bits per heavy atom. The monoisotopic (exact) mass is 389 g/mol. The van der Waals surface area contributed by atoms with Crippen molar-refractivity contribution in [3.63, 3.8) is 0 Å². The Bertz CT molecular complexity index is 745. The maximum absolute atomic E-state index is 12.5. The number of halogens is 1. The van der Waals surface area contributed by atoms with E-state index in [9.17, 15) is 9.59 Å². The van der Waals surface area contributed by atoms with Crippen molar-refractivity contribution in [3.8, 4) is 0 Å². The Morgan fingerprint density at radius 2 is 1.96 bits per heavy atom. The highest BCUT2D eigenvalue weighted by Gasteiger charge is 2.36. The van der Waals surface area contributed by atoms with Crippen molar-refractivity contribution in [3.05, 3.63) is 58.3 Å². The molecule has 0 radical (unpaired) electrons. The molecular formula is C18H20BrN3O2. The minimum Gasteiger partial charge on any atom is -0.351 e. The molecule has 0 saturated heterocycles. The molecule has 1 heterocycles. The van der Waals surface area contributed by atoms with Gasteiger partial charge < -0.3 is 10.6 Å². The molecule has 0 aliphatic rings. The maximum atomic E-state index is 12.5. The van der Waals surface area contributed by atoms with Crippen LogP contribution in [0.25, 0.3) is 0 Å². The van der Waals surface area contributed by atoms with E-state index >= 15 is 0 Å². The predicted octanol–water partition coefficient (Wildman–Crippen LogP) is 3.43. The molecular weight excluding hydrogens is 370 g/mol. The number of amides is 2. The minimum atomic E-state index is -1.19. The lowest BCUT2D eigenvalue weighted by atomic mass is 9.91. The fraction of sp³-hybridized carbons (Fsp3) is 0.278. The molecule has 2 amide bonds. The highest BCUT2D eigenvalue weighted by Crippen LogP contribution is 2.23. The summed E-state index contributed by atoms with van der Waals surface area (Å²) in [5.74, 6) is -0.697. The molecule has 5 nitrogen and oxygen atoms in total. The molecule has 0 aliphatic heterocycles. The SMILES string of the molecule is Cc1ccc(NC(=O)C(C)(C)C(=O)NCc2cccnc2)cc1Br. The Balaban J connectivity index is 2.00. The van der Waals surface area contributed by atoms with Gasteiger partial charge in [-0.15, -0.1) is 0 Å². The molecule has 2 aromatic rings. The number of aryl methyl sites for hydroxylation is 1. The second kappa shape index (κ2) is 7.57. The zero-order chi connectivity index (χ0) is 17.7. The number of carbonyl (C=O) groups excluding carboxylic acids is 2. The molecule has 0 spiro atoms. The van der Waals surface area contributed by atoms with Gasteiger partial charge in [-0.2, -0.15) is 0 Å². The number of anilines is 1. The van der Waals surface area contributed by atoms with Gasteiger partial charge in [-0.3, -0.25) is 14.6 Å². The maximum Gasteiger partial charge on any atom is 0.239 e. The van der Waals surface area contributed by atoms with E-state index in [1.54, 1.807) is 32.3 Å². The van der Waals surface area contributed by atoms with Gasteiger partial charge >= 0.3 is 0 Å². The quantitative estimate of drug-likeness (QED) is 0.769. The zero-order valence-electron chi connectivity index (χ0n) is 13.9. The molecule has 0 aliphatic carbocycles. The van der Waals surface area contributed by atoms with Gasteiger partial charge in [0.05, 0.1) is 0 Å². The van der Waals surface area contributed by atoms with Crippen LogP contribution in [0.3, 0.4) is 0 Å². The van der Waals surface area contributed by atoms with E-state index < -0.39 is 5.41 Å². The summed E-state index contributed by atoms with van der Waals surface area (Å²) in [5.41, 5.74) is 1.40. The van der Waals surface area contributed by atoms with Gasteiger partial charge in [-0.05, 0) is 50.1 Å². The van der Waals surface area contributed by atoms with Gasteiger partial charge in [0.2, 0.25) is 11.8 Å². The lowest BCUT2D eigenvalue weighted by Crippen LogP contribution is -2.44. The summed E-state index contributed by atoms with van der Waals surface area (Å²) in [5, 5.41) is 5.56. The van der Waals surface area contributed by atoms with Crippen LogP contribution in [0.5, 0.6) is 0 Å². The highest BCUT2D eigenvalue weighted by molar-refractivity contribution is 9.10. The van der Waals surface area contributed by atoms with E-state index in [1.807, 2.05) is 31.2 Å². The van der Waals surface area contributed by atoms with E-state index in [0.29, 0.717) is 12.2 Å². The Hall–Kier alpha value is -2.21. The number of nitrogens with one attached hydrogen (secondary N) is 2. The summed E-state index contributed by atoms with van der Waals surface area (Å²) in [6.45, 7) is 5.50. The molecule has 0 saturated carbocycles. The van der Waals surface area contributed by atoms with Crippen LogP contribution in [-0.4, -0.2) is 16.8 Å². The predicted molar refractivity (Wildman–Crippen MR) is 97.4 cm³/mol. The van der Waals surface area contributed by atoms with Gasteiger partial charge in [0, 0.05) is 29.1 Å².